The van der Waals surface area contributed by atoms with E-state index in [0.717, 1.165) is 5.17 Å². The predicted molar refractivity (Wildman–Crippen MR) is 90.2 cm³/mol. The maximum Gasteiger partial charge on any atom is 0.181 e. The molecular weight excluding hydrogens is 336 g/mol. The van der Waals surface area contributed by atoms with E-state index in [2.05, 4.69) is 10.3 Å². The summed E-state index contributed by atoms with van der Waals surface area (Å²) < 4.78 is 30.9. The molecule has 2 fully saturated rings. The first-order valence-corrected chi connectivity index (χ1v) is 9.97. The highest BCUT2D eigenvalue weighted by atomic mass is 32.2. The minimum Gasteiger partial charge on any atom is -0.390 e. The molecule has 6 nitrogen and oxygen atoms in total. The van der Waals surface area contributed by atoms with Gasteiger partial charge in [0.15, 0.2) is 15.0 Å². The molecule has 0 spiro atoms. The molecule has 5 atom stereocenters. The van der Waals surface area contributed by atoms with Crippen molar-refractivity contribution in [2.24, 2.45) is 10.9 Å². The van der Waals surface area contributed by atoms with Crippen LogP contribution >= 0.6 is 11.8 Å². The van der Waals surface area contributed by atoms with Gasteiger partial charge in [0.1, 0.15) is 5.44 Å². The van der Waals surface area contributed by atoms with Gasteiger partial charge in [-0.25, -0.2) is 8.42 Å². The van der Waals surface area contributed by atoms with Crippen molar-refractivity contribution in [3.63, 3.8) is 0 Å². The number of hydrogen-bond acceptors (Lipinski definition) is 6. The Morgan fingerprint density at radius 2 is 2.04 bits per heavy atom. The van der Waals surface area contributed by atoms with Crippen molar-refractivity contribution in [1.82, 2.24) is 5.32 Å². The molecule has 0 unspecified atom stereocenters. The second-order valence-corrected chi connectivity index (χ2v) is 8.93. The molecule has 1 aromatic rings. The second-order valence-electron chi connectivity index (χ2n) is 5.80. The summed E-state index contributed by atoms with van der Waals surface area (Å²) >= 11 is 1.44. The van der Waals surface area contributed by atoms with Crippen LogP contribution in [0.2, 0.25) is 0 Å². The minimum absolute atomic E-state index is 0.0654. The Morgan fingerprint density at radius 3 is 2.70 bits per heavy atom. The lowest BCUT2D eigenvalue weighted by atomic mass is 9.90. The SMILES string of the molecule is CN=C1N[C@@H]2[C@@H](C)[C@H](O)[C@@H](CS(=O)(=O)c3ccccc3)O[C@@H]2S1. The lowest BCUT2D eigenvalue weighted by molar-refractivity contribution is -0.113. The van der Waals surface area contributed by atoms with Crippen LogP contribution < -0.4 is 5.32 Å². The van der Waals surface area contributed by atoms with Gasteiger partial charge in [0.25, 0.3) is 0 Å². The Kier molecular flexibility index (Phi) is 4.68. The number of nitrogens with one attached hydrogen (secondary N) is 1. The van der Waals surface area contributed by atoms with Gasteiger partial charge in [-0.2, -0.15) is 0 Å². The standard InChI is InChI=1S/C15H20N2O4S2/c1-9-12-14(22-15(16-2)17-12)21-11(13(9)18)8-23(19,20)10-6-4-3-5-7-10/h3-7,9,11-14,18H,8H2,1-2H3,(H,16,17)/t9-,11-,12-,13+,14-/m1/s1. The predicted octanol–water partition coefficient (Wildman–Crippen LogP) is 0.873. The van der Waals surface area contributed by atoms with Crippen molar-refractivity contribution in [1.29, 1.82) is 0 Å². The monoisotopic (exact) mass is 356 g/mol. The maximum absolute atomic E-state index is 12.5. The summed E-state index contributed by atoms with van der Waals surface area (Å²) in [7, 11) is -1.82. The van der Waals surface area contributed by atoms with Crippen LogP contribution in [0, 0.1) is 5.92 Å². The maximum atomic E-state index is 12.5. The highest BCUT2D eigenvalue weighted by Crippen LogP contribution is 2.37. The van der Waals surface area contributed by atoms with Crippen molar-refractivity contribution in [2.45, 2.75) is 35.5 Å². The fraction of sp³-hybridized carbons (Fsp3) is 0.533. The van der Waals surface area contributed by atoms with Gasteiger partial charge in [0.05, 0.1) is 28.9 Å². The van der Waals surface area contributed by atoms with Gasteiger partial charge in [-0.1, -0.05) is 36.9 Å². The van der Waals surface area contributed by atoms with Crippen molar-refractivity contribution in [3.8, 4) is 0 Å². The zero-order chi connectivity index (χ0) is 16.6. The van der Waals surface area contributed by atoms with Gasteiger partial charge in [0, 0.05) is 13.0 Å². The number of rotatable bonds is 3. The summed E-state index contributed by atoms with van der Waals surface area (Å²) in [5, 5.41) is 14.4. The van der Waals surface area contributed by atoms with Crippen LogP contribution in [0.15, 0.2) is 40.2 Å². The molecule has 1 aromatic carbocycles. The Morgan fingerprint density at radius 1 is 1.35 bits per heavy atom. The molecule has 0 amide bonds. The van der Waals surface area contributed by atoms with Crippen LogP contribution in [0.1, 0.15) is 6.92 Å². The molecule has 126 valence electrons. The topological polar surface area (TPSA) is 88.0 Å². The van der Waals surface area contributed by atoms with Crippen LogP contribution in [0.3, 0.4) is 0 Å². The molecule has 0 aliphatic carbocycles. The van der Waals surface area contributed by atoms with Gasteiger partial charge in [-0.05, 0) is 12.1 Å². The minimum atomic E-state index is -3.51. The van der Waals surface area contributed by atoms with E-state index in [0.29, 0.717) is 0 Å². The third-order valence-corrected chi connectivity index (χ3v) is 7.21. The molecule has 2 aliphatic rings. The van der Waals surface area contributed by atoms with E-state index in [-0.39, 0.29) is 28.0 Å². The summed E-state index contributed by atoms with van der Waals surface area (Å²) in [6.45, 7) is 1.90. The first-order chi connectivity index (χ1) is 10.9. The van der Waals surface area contributed by atoms with Crippen molar-refractivity contribution >= 4 is 26.8 Å². The zero-order valence-corrected chi connectivity index (χ0v) is 14.5. The van der Waals surface area contributed by atoms with Gasteiger partial charge in [0.2, 0.25) is 0 Å². The summed E-state index contributed by atoms with van der Waals surface area (Å²) in [5.41, 5.74) is -0.233. The summed E-state index contributed by atoms with van der Waals surface area (Å²) in [6, 6.07) is 8.19. The Labute approximate surface area is 140 Å². The van der Waals surface area contributed by atoms with Gasteiger partial charge in [-0.15, -0.1) is 0 Å². The number of ether oxygens (including phenoxy) is 1. The fourth-order valence-electron chi connectivity index (χ4n) is 2.92. The number of aliphatic hydroxyl groups is 1. The molecule has 23 heavy (non-hydrogen) atoms. The molecule has 2 aliphatic heterocycles. The number of thioether (sulfide) groups is 1. The van der Waals surface area contributed by atoms with Crippen LogP contribution in [0.25, 0.3) is 0 Å². The molecule has 0 aromatic heterocycles. The number of aliphatic hydroxyl groups excluding tert-OH is 1. The smallest absolute Gasteiger partial charge is 0.181 e. The lowest BCUT2D eigenvalue weighted by Gasteiger charge is -2.39. The average molecular weight is 356 g/mol. The quantitative estimate of drug-likeness (QED) is 0.836. The number of amidine groups is 1. The molecule has 2 saturated heterocycles. The van der Waals surface area contributed by atoms with Crippen LogP contribution in [0.5, 0.6) is 0 Å². The van der Waals surface area contributed by atoms with Gasteiger partial charge < -0.3 is 15.2 Å². The second kappa shape index (κ2) is 6.43. The number of fused-ring (bicyclic) bond motifs is 1. The summed E-state index contributed by atoms with van der Waals surface area (Å²) in [6.07, 6.45) is -1.60. The number of nitrogens with zero attached hydrogens (tertiary/aromatic N) is 1. The molecule has 3 rings (SSSR count). The average Bonchev–Trinajstić information content (AvgIpc) is 2.96. The van der Waals surface area contributed by atoms with E-state index < -0.39 is 22.0 Å². The van der Waals surface area contributed by atoms with Gasteiger partial charge >= 0.3 is 0 Å². The summed E-state index contributed by atoms with van der Waals surface area (Å²) in [5.74, 6) is -0.360. The Hall–Kier alpha value is -1.09. The lowest BCUT2D eigenvalue weighted by Crippen LogP contribution is -2.56. The molecule has 0 radical (unpaired) electrons. The fourth-order valence-corrected chi connectivity index (χ4v) is 5.58. The highest BCUT2D eigenvalue weighted by Gasteiger charge is 2.48. The third kappa shape index (κ3) is 3.26. The van der Waals surface area contributed by atoms with E-state index >= 15 is 0 Å². The van der Waals surface area contributed by atoms with Gasteiger partial charge in [-0.3, -0.25) is 4.99 Å². The number of benzene rings is 1. The van der Waals surface area contributed by atoms with E-state index in [4.69, 9.17) is 4.74 Å². The number of aliphatic imine (C=N–C) groups is 1. The largest absolute Gasteiger partial charge is 0.390 e. The summed E-state index contributed by atoms with van der Waals surface area (Å²) in [4.78, 5) is 4.36. The van der Waals surface area contributed by atoms with E-state index in [1.54, 1.807) is 37.4 Å². The third-order valence-electron chi connectivity index (χ3n) is 4.30. The molecular formula is C15H20N2O4S2. The Balaban J connectivity index is 1.79. The Bertz CT molecular complexity index is 693. The molecule has 2 N–H and O–H groups in total. The zero-order valence-electron chi connectivity index (χ0n) is 12.9. The molecule has 0 saturated carbocycles. The van der Waals surface area contributed by atoms with Crippen molar-refractivity contribution < 1.29 is 18.3 Å². The first-order valence-electron chi connectivity index (χ1n) is 7.43. The van der Waals surface area contributed by atoms with E-state index in [1.165, 1.54) is 11.8 Å². The van der Waals surface area contributed by atoms with E-state index in [9.17, 15) is 13.5 Å². The molecule has 0 bridgehead atoms. The van der Waals surface area contributed by atoms with E-state index in [1.807, 2.05) is 6.92 Å². The number of hydrogen-bond donors (Lipinski definition) is 2. The van der Waals surface area contributed by atoms with Crippen molar-refractivity contribution in [2.75, 3.05) is 12.8 Å². The molecule has 2 heterocycles. The normalized spacial score (nSPS) is 35.8. The first kappa shape index (κ1) is 16.8. The van der Waals surface area contributed by atoms with Crippen LogP contribution in [-0.2, 0) is 14.6 Å². The molecule has 8 heteroatoms. The number of sulfone groups is 1. The highest BCUT2D eigenvalue weighted by molar-refractivity contribution is 8.14. The van der Waals surface area contributed by atoms with Crippen LogP contribution in [-0.4, -0.2) is 55.2 Å². The van der Waals surface area contributed by atoms with Crippen molar-refractivity contribution in [3.05, 3.63) is 30.3 Å². The van der Waals surface area contributed by atoms with Crippen LogP contribution in [0.4, 0.5) is 0 Å².